The number of carbonyl (C=O) groups excluding carboxylic acids is 1. The first-order chi connectivity index (χ1) is 7.75. The van der Waals surface area contributed by atoms with Crippen molar-refractivity contribution in [3.63, 3.8) is 0 Å². The highest BCUT2D eigenvalue weighted by Gasteiger charge is 2.14. The molecular weight excluding hydrogens is 216 g/mol. The highest BCUT2D eigenvalue weighted by atomic mass is 32.2. The van der Waals surface area contributed by atoms with Crippen LogP contribution in [0.15, 0.2) is 30.3 Å². The molecule has 0 spiro atoms. The molecule has 1 rings (SSSR count). The van der Waals surface area contributed by atoms with Gasteiger partial charge < -0.3 is 0 Å². The molecule has 0 fully saturated rings. The van der Waals surface area contributed by atoms with Crippen LogP contribution in [0.25, 0.3) is 0 Å². The number of thioether (sulfide) groups is 1. The van der Waals surface area contributed by atoms with Crippen molar-refractivity contribution in [2.24, 2.45) is 0 Å². The molecule has 2 heteroatoms. The molecule has 16 heavy (non-hydrogen) atoms. The summed E-state index contributed by atoms with van der Waals surface area (Å²) in [4.78, 5) is 12.0. The maximum atomic E-state index is 12.0. The second-order valence-electron chi connectivity index (χ2n) is 3.95. The summed E-state index contributed by atoms with van der Waals surface area (Å²) in [6.45, 7) is 4.20. The molecule has 0 bridgehead atoms. The first-order valence-corrected chi connectivity index (χ1v) is 7.01. The Hall–Kier alpha value is -0.760. The summed E-state index contributed by atoms with van der Waals surface area (Å²) >= 11 is 1.77. The molecule has 0 aliphatic rings. The SMILES string of the molecule is CCCCCSC(C)C(=O)c1ccccc1. The van der Waals surface area contributed by atoms with Crippen LogP contribution in [0.3, 0.4) is 0 Å². The first kappa shape index (κ1) is 13.3. The van der Waals surface area contributed by atoms with Gasteiger partial charge in [0.15, 0.2) is 5.78 Å². The van der Waals surface area contributed by atoms with Crippen LogP contribution in [0.5, 0.6) is 0 Å². The fraction of sp³-hybridized carbons (Fsp3) is 0.500. The third-order valence-corrected chi connectivity index (χ3v) is 3.78. The molecule has 1 aromatic rings. The van der Waals surface area contributed by atoms with Crippen molar-refractivity contribution in [1.29, 1.82) is 0 Å². The van der Waals surface area contributed by atoms with Gasteiger partial charge >= 0.3 is 0 Å². The summed E-state index contributed by atoms with van der Waals surface area (Å²) in [7, 11) is 0. The summed E-state index contributed by atoms with van der Waals surface area (Å²) in [5, 5.41) is 0.0826. The zero-order valence-corrected chi connectivity index (χ0v) is 10.9. The number of rotatable bonds is 7. The van der Waals surface area contributed by atoms with E-state index >= 15 is 0 Å². The van der Waals surface area contributed by atoms with Gasteiger partial charge in [-0.15, -0.1) is 0 Å². The minimum absolute atomic E-state index is 0.0826. The van der Waals surface area contributed by atoms with Crippen LogP contribution in [-0.4, -0.2) is 16.8 Å². The van der Waals surface area contributed by atoms with Gasteiger partial charge in [0.25, 0.3) is 0 Å². The lowest BCUT2D eigenvalue weighted by Gasteiger charge is -2.09. The normalized spacial score (nSPS) is 12.4. The summed E-state index contributed by atoms with van der Waals surface area (Å²) in [5.41, 5.74) is 0.831. The second-order valence-corrected chi connectivity index (χ2v) is 5.40. The molecule has 0 amide bonds. The summed E-state index contributed by atoms with van der Waals surface area (Å²) in [6.07, 6.45) is 3.72. The van der Waals surface area contributed by atoms with Gasteiger partial charge in [0.2, 0.25) is 0 Å². The van der Waals surface area contributed by atoms with Crippen LogP contribution in [0.2, 0.25) is 0 Å². The fourth-order valence-electron chi connectivity index (χ4n) is 1.52. The molecule has 0 saturated heterocycles. The lowest BCUT2D eigenvalue weighted by atomic mass is 10.1. The first-order valence-electron chi connectivity index (χ1n) is 5.96. The van der Waals surface area contributed by atoms with E-state index in [2.05, 4.69) is 6.92 Å². The maximum Gasteiger partial charge on any atom is 0.175 e. The Labute approximate surface area is 103 Å². The largest absolute Gasteiger partial charge is 0.293 e. The molecule has 0 saturated carbocycles. The topological polar surface area (TPSA) is 17.1 Å². The standard InChI is InChI=1S/C14H20OS/c1-3-4-8-11-16-12(2)14(15)13-9-6-5-7-10-13/h5-7,9-10,12H,3-4,8,11H2,1-2H3. The highest BCUT2D eigenvalue weighted by molar-refractivity contribution is 8.00. The number of ketones is 1. The van der Waals surface area contributed by atoms with Gasteiger partial charge in [-0.3, -0.25) is 4.79 Å². The van der Waals surface area contributed by atoms with Gasteiger partial charge in [0, 0.05) is 5.56 Å². The molecule has 1 unspecified atom stereocenters. The predicted molar refractivity (Wildman–Crippen MR) is 72.2 cm³/mol. The monoisotopic (exact) mass is 236 g/mol. The third kappa shape index (κ3) is 4.40. The molecule has 0 aliphatic heterocycles. The van der Waals surface area contributed by atoms with Crippen LogP contribution in [-0.2, 0) is 0 Å². The number of unbranched alkanes of at least 4 members (excludes halogenated alkanes) is 2. The van der Waals surface area contributed by atoms with Crippen molar-refractivity contribution < 1.29 is 4.79 Å². The quantitative estimate of drug-likeness (QED) is 0.522. The van der Waals surface area contributed by atoms with E-state index in [1.165, 1.54) is 19.3 Å². The van der Waals surface area contributed by atoms with Crippen molar-refractivity contribution >= 4 is 17.5 Å². The Kier molecular flexibility index (Phi) is 6.24. The number of hydrogen-bond donors (Lipinski definition) is 0. The van der Waals surface area contributed by atoms with Gasteiger partial charge in [-0.25, -0.2) is 0 Å². The molecule has 0 aromatic heterocycles. The summed E-state index contributed by atoms with van der Waals surface area (Å²) < 4.78 is 0. The molecule has 0 heterocycles. The van der Waals surface area contributed by atoms with Crippen molar-refractivity contribution in [3.05, 3.63) is 35.9 Å². The third-order valence-electron chi connectivity index (χ3n) is 2.54. The molecule has 1 atom stereocenters. The average molecular weight is 236 g/mol. The lowest BCUT2D eigenvalue weighted by molar-refractivity contribution is 0.0994. The minimum Gasteiger partial charge on any atom is -0.293 e. The zero-order valence-electron chi connectivity index (χ0n) is 10.1. The Morgan fingerprint density at radius 1 is 1.25 bits per heavy atom. The van der Waals surface area contributed by atoms with Crippen LogP contribution < -0.4 is 0 Å². The van der Waals surface area contributed by atoms with Crippen LogP contribution in [0.4, 0.5) is 0 Å². The smallest absolute Gasteiger partial charge is 0.175 e. The number of benzene rings is 1. The number of Topliss-reactive ketones (excluding diaryl/α,β-unsaturated/α-hetero) is 1. The van der Waals surface area contributed by atoms with Crippen LogP contribution >= 0.6 is 11.8 Å². The van der Waals surface area contributed by atoms with E-state index in [4.69, 9.17) is 0 Å². The molecule has 0 aliphatic carbocycles. The fourth-order valence-corrected chi connectivity index (χ4v) is 2.54. The Morgan fingerprint density at radius 2 is 1.94 bits per heavy atom. The number of hydrogen-bond acceptors (Lipinski definition) is 2. The van der Waals surface area contributed by atoms with Crippen molar-refractivity contribution in [1.82, 2.24) is 0 Å². The van der Waals surface area contributed by atoms with Crippen molar-refractivity contribution in [2.45, 2.75) is 38.4 Å². The van der Waals surface area contributed by atoms with E-state index in [1.807, 2.05) is 37.3 Å². The Balaban J connectivity index is 2.37. The molecule has 88 valence electrons. The summed E-state index contributed by atoms with van der Waals surface area (Å²) in [5.74, 6) is 1.34. The molecule has 1 aromatic carbocycles. The molecule has 0 radical (unpaired) electrons. The van der Waals surface area contributed by atoms with E-state index in [0.29, 0.717) is 0 Å². The predicted octanol–water partition coefficient (Wildman–Crippen LogP) is 4.18. The van der Waals surface area contributed by atoms with Gasteiger partial charge in [-0.2, -0.15) is 11.8 Å². The zero-order chi connectivity index (χ0) is 11.8. The maximum absolute atomic E-state index is 12.0. The van der Waals surface area contributed by atoms with E-state index in [9.17, 15) is 4.79 Å². The Bertz CT molecular complexity index is 308. The molecule has 1 nitrogen and oxygen atoms in total. The highest BCUT2D eigenvalue weighted by Crippen LogP contribution is 2.17. The molecular formula is C14H20OS. The van der Waals surface area contributed by atoms with Crippen molar-refractivity contribution in [3.8, 4) is 0 Å². The Morgan fingerprint density at radius 3 is 2.56 bits per heavy atom. The van der Waals surface area contributed by atoms with Gasteiger partial charge in [0.05, 0.1) is 5.25 Å². The van der Waals surface area contributed by atoms with Crippen LogP contribution in [0, 0.1) is 0 Å². The number of carbonyl (C=O) groups is 1. The lowest BCUT2D eigenvalue weighted by Crippen LogP contribution is -2.13. The van der Waals surface area contributed by atoms with E-state index in [1.54, 1.807) is 11.8 Å². The van der Waals surface area contributed by atoms with Gasteiger partial charge in [-0.1, -0.05) is 50.1 Å². The minimum atomic E-state index is 0.0826. The second kappa shape index (κ2) is 7.50. The van der Waals surface area contributed by atoms with E-state index in [0.717, 1.165) is 11.3 Å². The van der Waals surface area contributed by atoms with Crippen LogP contribution in [0.1, 0.15) is 43.5 Å². The molecule has 0 N–H and O–H groups in total. The van der Waals surface area contributed by atoms with E-state index in [-0.39, 0.29) is 11.0 Å². The van der Waals surface area contributed by atoms with Gasteiger partial charge in [0.1, 0.15) is 0 Å². The summed E-state index contributed by atoms with van der Waals surface area (Å²) in [6, 6.07) is 9.57. The van der Waals surface area contributed by atoms with Gasteiger partial charge in [-0.05, 0) is 19.1 Å². The van der Waals surface area contributed by atoms with E-state index < -0.39 is 0 Å². The average Bonchev–Trinajstić information content (AvgIpc) is 2.34. The van der Waals surface area contributed by atoms with Crippen molar-refractivity contribution in [2.75, 3.05) is 5.75 Å².